The van der Waals surface area contributed by atoms with E-state index in [1.807, 2.05) is 6.08 Å². The van der Waals surface area contributed by atoms with Crippen molar-refractivity contribution >= 4 is 5.97 Å². The van der Waals surface area contributed by atoms with Gasteiger partial charge in [-0.15, -0.1) is 0 Å². The van der Waals surface area contributed by atoms with Gasteiger partial charge in [-0.05, 0) is 12.5 Å². The smallest absolute Gasteiger partial charge is 0.339 e. The SMILES string of the molecule is COC(=O)C1C=CCCO1. The largest absolute Gasteiger partial charge is 0.467 e. The number of methoxy groups -OCH3 is 1. The standard InChI is InChI=1S/C7H10O3/c1-9-7(8)6-4-2-3-5-10-6/h2,4,6H,3,5H2,1H3. The molecule has 0 aromatic heterocycles. The quantitative estimate of drug-likeness (QED) is 0.395. The molecule has 0 amide bonds. The van der Waals surface area contributed by atoms with E-state index in [-0.39, 0.29) is 5.97 Å². The average Bonchev–Trinajstić information content (AvgIpc) is 2.05. The summed E-state index contributed by atoms with van der Waals surface area (Å²) >= 11 is 0. The van der Waals surface area contributed by atoms with Gasteiger partial charge >= 0.3 is 5.97 Å². The van der Waals surface area contributed by atoms with E-state index in [0.29, 0.717) is 6.61 Å². The normalized spacial score (nSPS) is 24.3. The summed E-state index contributed by atoms with van der Waals surface area (Å²) in [5.41, 5.74) is 0. The molecule has 0 N–H and O–H groups in total. The molecule has 1 heterocycles. The topological polar surface area (TPSA) is 35.5 Å². The van der Waals surface area contributed by atoms with Crippen molar-refractivity contribution in [2.45, 2.75) is 12.5 Å². The van der Waals surface area contributed by atoms with Crippen LogP contribution in [0.1, 0.15) is 6.42 Å². The Hall–Kier alpha value is -0.830. The molecular weight excluding hydrogens is 132 g/mol. The van der Waals surface area contributed by atoms with E-state index in [1.165, 1.54) is 7.11 Å². The van der Waals surface area contributed by atoms with Crippen LogP contribution in [0.3, 0.4) is 0 Å². The van der Waals surface area contributed by atoms with Crippen molar-refractivity contribution in [3.63, 3.8) is 0 Å². The minimum Gasteiger partial charge on any atom is -0.467 e. The predicted molar refractivity (Wildman–Crippen MR) is 35.5 cm³/mol. The summed E-state index contributed by atoms with van der Waals surface area (Å²) in [6.07, 6.45) is 4.05. The Morgan fingerprint density at radius 1 is 1.80 bits per heavy atom. The van der Waals surface area contributed by atoms with Crippen molar-refractivity contribution in [2.24, 2.45) is 0 Å². The average molecular weight is 142 g/mol. The van der Waals surface area contributed by atoms with Crippen LogP contribution >= 0.6 is 0 Å². The first-order valence-electron chi connectivity index (χ1n) is 3.20. The summed E-state index contributed by atoms with van der Waals surface area (Å²) in [7, 11) is 1.36. The van der Waals surface area contributed by atoms with Crippen LogP contribution in [0.25, 0.3) is 0 Å². The Morgan fingerprint density at radius 2 is 2.60 bits per heavy atom. The minimum absolute atomic E-state index is 0.323. The van der Waals surface area contributed by atoms with Crippen LogP contribution in [0, 0.1) is 0 Å². The lowest BCUT2D eigenvalue weighted by molar-refractivity contribution is -0.151. The zero-order chi connectivity index (χ0) is 7.40. The van der Waals surface area contributed by atoms with Gasteiger partial charge in [0.1, 0.15) is 0 Å². The molecule has 10 heavy (non-hydrogen) atoms. The van der Waals surface area contributed by atoms with E-state index >= 15 is 0 Å². The maximum absolute atomic E-state index is 10.8. The Labute approximate surface area is 59.6 Å². The van der Waals surface area contributed by atoms with Gasteiger partial charge in [0.15, 0.2) is 6.10 Å². The Balaban J connectivity index is 2.46. The zero-order valence-electron chi connectivity index (χ0n) is 5.87. The summed E-state index contributed by atoms with van der Waals surface area (Å²) < 4.78 is 9.54. The molecule has 0 aromatic carbocycles. The minimum atomic E-state index is -0.473. The lowest BCUT2D eigenvalue weighted by atomic mass is 10.2. The van der Waals surface area contributed by atoms with Crippen molar-refractivity contribution in [1.82, 2.24) is 0 Å². The molecule has 0 fully saturated rings. The molecule has 0 aliphatic carbocycles. The molecule has 3 nitrogen and oxygen atoms in total. The first-order valence-corrected chi connectivity index (χ1v) is 3.20. The van der Waals surface area contributed by atoms with Gasteiger partial charge in [0.05, 0.1) is 13.7 Å². The summed E-state index contributed by atoms with van der Waals surface area (Å²) in [5, 5.41) is 0. The first kappa shape index (κ1) is 7.28. The van der Waals surface area contributed by atoms with Crippen LogP contribution in [0.15, 0.2) is 12.2 Å². The Kier molecular flexibility index (Phi) is 2.45. The van der Waals surface area contributed by atoms with E-state index in [9.17, 15) is 4.79 Å². The molecule has 0 radical (unpaired) electrons. The maximum Gasteiger partial charge on any atom is 0.339 e. The Morgan fingerprint density at radius 3 is 3.10 bits per heavy atom. The van der Waals surface area contributed by atoms with Crippen LogP contribution in [0.5, 0.6) is 0 Å². The van der Waals surface area contributed by atoms with E-state index in [0.717, 1.165) is 6.42 Å². The van der Waals surface area contributed by atoms with Gasteiger partial charge in [-0.3, -0.25) is 0 Å². The molecule has 56 valence electrons. The summed E-state index contributed by atoms with van der Waals surface area (Å²) in [6, 6.07) is 0. The molecule has 0 aromatic rings. The molecule has 1 rings (SSSR count). The second-order valence-electron chi connectivity index (χ2n) is 2.03. The number of esters is 1. The van der Waals surface area contributed by atoms with Gasteiger partial charge in [-0.25, -0.2) is 4.79 Å². The highest BCUT2D eigenvalue weighted by molar-refractivity contribution is 5.76. The van der Waals surface area contributed by atoms with Gasteiger partial charge in [0.25, 0.3) is 0 Å². The molecule has 1 atom stereocenters. The van der Waals surface area contributed by atoms with Gasteiger partial charge in [-0.1, -0.05) is 6.08 Å². The molecule has 0 saturated carbocycles. The second kappa shape index (κ2) is 3.37. The summed E-state index contributed by atoms with van der Waals surface area (Å²) in [6.45, 7) is 0.607. The van der Waals surface area contributed by atoms with Gasteiger partial charge in [-0.2, -0.15) is 0 Å². The third-order valence-electron chi connectivity index (χ3n) is 1.33. The fourth-order valence-corrected chi connectivity index (χ4v) is 0.801. The molecule has 1 aliphatic rings. The summed E-state index contributed by atoms with van der Waals surface area (Å²) in [4.78, 5) is 10.8. The highest BCUT2D eigenvalue weighted by Crippen LogP contribution is 2.04. The van der Waals surface area contributed by atoms with Crippen LogP contribution in [-0.4, -0.2) is 25.8 Å². The number of hydrogen-bond acceptors (Lipinski definition) is 3. The lowest BCUT2D eigenvalue weighted by Gasteiger charge is -2.14. The second-order valence-corrected chi connectivity index (χ2v) is 2.03. The fraction of sp³-hybridized carbons (Fsp3) is 0.571. The van der Waals surface area contributed by atoms with Crippen molar-refractivity contribution in [3.05, 3.63) is 12.2 Å². The highest BCUT2D eigenvalue weighted by Gasteiger charge is 2.17. The number of carbonyl (C=O) groups excluding carboxylic acids is 1. The van der Waals surface area contributed by atoms with E-state index in [2.05, 4.69) is 4.74 Å². The zero-order valence-corrected chi connectivity index (χ0v) is 5.87. The molecule has 1 unspecified atom stereocenters. The van der Waals surface area contributed by atoms with Crippen molar-refractivity contribution in [1.29, 1.82) is 0 Å². The van der Waals surface area contributed by atoms with Crippen LogP contribution < -0.4 is 0 Å². The van der Waals surface area contributed by atoms with Crippen LogP contribution in [-0.2, 0) is 14.3 Å². The number of rotatable bonds is 1. The maximum atomic E-state index is 10.8. The van der Waals surface area contributed by atoms with Gasteiger partial charge < -0.3 is 9.47 Å². The molecule has 3 heteroatoms. The highest BCUT2D eigenvalue weighted by atomic mass is 16.6. The van der Waals surface area contributed by atoms with E-state index in [4.69, 9.17) is 4.74 Å². The predicted octanol–water partition coefficient (Wildman–Crippen LogP) is 0.504. The first-order chi connectivity index (χ1) is 4.84. The van der Waals surface area contributed by atoms with E-state index in [1.54, 1.807) is 6.08 Å². The lowest BCUT2D eigenvalue weighted by Crippen LogP contribution is -2.25. The van der Waals surface area contributed by atoms with Gasteiger partial charge in [0, 0.05) is 0 Å². The number of ether oxygens (including phenoxy) is 2. The molecule has 0 saturated heterocycles. The molecular formula is C7H10O3. The summed E-state index contributed by atoms with van der Waals surface area (Å²) in [5.74, 6) is -0.323. The van der Waals surface area contributed by atoms with Crippen LogP contribution in [0.2, 0.25) is 0 Å². The van der Waals surface area contributed by atoms with Crippen molar-refractivity contribution in [3.8, 4) is 0 Å². The molecule has 0 spiro atoms. The third kappa shape index (κ3) is 1.57. The van der Waals surface area contributed by atoms with Crippen molar-refractivity contribution < 1.29 is 14.3 Å². The van der Waals surface area contributed by atoms with E-state index < -0.39 is 6.10 Å². The third-order valence-corrected chi connectivity index (χ3v) is 1.33. The monoisotopic (exact) mass is 142 g/mol. The Bertz CT molecular complexity index is 151. The van der Waals surface area contributed by atoms with Gasteiger partial charge in [0.2, 0.25) is 0 Å². The van der Waals surface area contributed by atoms with Crippen molar-refractivity contribution in [2.75, 3.05) is 13.7 Å². The fourth-order valence-electron chi connectivity index (χ4n) is 0.801. The number of hydrogen-bond donors (Lipinski definition) is 0. The number of carbonyl (C=O) groups is 1. The molecule has 1 aliphatic heterocycles. The molecule has 0 bridgehead atoms. The van der Waals surface area contributed by atoms with Crippen LogP contribution in [0.4, 0.5) is 0 Å².